The van der Waals surface area contributed by atoms with Gasteiger partial charge in [-0.25, -0.2) is 4.79 Å². The topological polar surface area (TPSA) is 85.4 Å². The molecule has 2 aromatic rings. The molecule has 0 fully saturated rings. The van der Waals surface area contributed by atoms with Crippen LogP contribution in [0.25, 0.3) is 0 Å². The van der Waals surface area contributed by atoms with Crippen molar-refractivity contribution >= 4 is 23.6 Å². The molecule has 8 heteroatoms. The number of ether oxygens (including phenoxy) is 2. The Morgan fingerprint density at radius 2 is 2.26 bits per heavy atom. The Kier molecular flexibility index (Phi) is 3.15. The van der Waals surface area contributed by atoms with E-state index < -0.39 is 0 Å². The molecule has 0 spiro atoms. The second kappa shape index (κ2) is 5.11. The maximum absolute atomic E-state index is 11.6. The van der Waals surface area contributed by atoms with Gasteiger partial charge in [-0.05, 0) is 17.7 Å². The van der Waals surface area contributed by atoms with Crippen LogP contribution in [0.3, 0.4) is 0 Å². The highest BCUT2D eigenvalue weighted by Gasteiger charge is 2.13. The molecule has 2 heterocycles. The van der Waals surface area contributed by atoms with Crippen LogP contribution in [0.2, 0.25) is 0 Å². The van der Waals surface area contributed by atoms with E-state index in [0.717, 1.165) is 23.0 Å². The molecule has 0 aliphatic carbocycles. The lowest BCUT2D eigenvalue weighted by Gasteiger charge is -2.06. The van der Waals surface area contributed by atoms with Crippen molar-refractivity contribution in [2.24, 2.45) is 0 Å². The highest BCUT2D eigenvalue weighted by atomic mass is 32.1. The first-order valence-electron chi connectivity index (χ1n) is 5.52. The van der Waals surface area contributed by atoms with Gasteiger partial charge in [0, 0.05) is 6.54 Å². The number of aromatic nitrogens is 2. The first-order valence-corrected chi connectivity index (χ1v) is 6.25. The summed E-state index contributed by atoms with van der Waals surface area (Å²) in [7, 11) is 0. The minimum atomic E-state index is -0.328. The second-order valence-electron chi connectivity index (χ2n) is 3.79. The van der Waals surface area contributed by atoms with Crippen molar-refractivity contribution in [3.05, 3.63) is 30.0 Å². The first-order chi connectivity index (χ1) is 9.31. The van der Waals surface area contributed by atoms with Gasteiger partial charge in [0.15, 0.2) is 17.3 Å². The van der Waals surface area contributed by atoms with Gasteiger partial charge in [-0.15, -0.1) is 0 Å². The van der Waals surface area contributed by atoms with Gasteiger partial charge in [0.05, 0.1) is 17.9 Å². The van der Waals surface area contributed by atoms with Crippen LogP contribution in [0.1, 0.15) is 5.56 Å². The molecule has 1 aliphatic rings. The first kappa shape index (κ1) is 11.7. The van der Waals surface area contributed by atoms with Crippen molar-refractivity contribution in [2.45, 2.75) is 6.54 Å². The number of amides is 2. The number of benzene rings is 1. The summed E-state index contributed by atoms with van der Waals surface area (Å²) >= 11 is 1.04. The van der Waals surface area contributed by atoms with Crippen molar-refractivity contribution in [3.63, 3.8) is 0 Å². The lowest BCUT2D eigenvalue weighted by atomic mass is 10.2. The van der Waals surface area contributed by atoms with Gasteiger partial charge in [-0.1, -0.05) is 6.07 Å². The predicted molar refractivity (Wildman–Crippen MR) is 68.3 cm³/mol. The number of carbonyl (C=O) groups is 1. The van der Waals surface area contributed by atoms with Crippen LogP contribution in [-0.4, -0.2) is 21.6 Å². The molecule has 3 rings (SSSR count). The number of nitrogens with zero attached hydrogens (tertiary/aromatic N) is 2. The monoisotopic (exact) mass is 278 g/mol. The summed E-state index contributed by atoms with van der Waals surface area (Å²) in [6.45, 7) is 0.629. The maximum Gasteiger partial charge on any atom is 0.320 e. The van der Waals surface area contributed by atoms with Gasteiger partial charge in [0.1, 0.15) is 0 Å². The lowest BCUT2D eigenvalue weighted by Crippen LogP contribution is -2.28. The van der Waals surface area contributed by atoms with Crippen LogP contribution < -0.4 is 20.1 Å². The van der Waals surface area contributed by atoms with E-state index in [9.17, 15) is 4.79 Å². The molecule has 0 saturated heterocycles. The molecule has 1 aliphatic heterocycles. The average Bonchev–Trinajstić information content (AvgIpc) is 3.06. The molecule has 0 unspecified atom stereocenters. The summed E-state index contributed by atoms with van der Waals surface area (Å²) in [5.74, 6) is 1.86. The van der Waals surface area contributed by atoms with Gasteiger partial charge in [0.25, 0.3) is 0 Å². The minimum absolute atomic E-state index is 0.240. The third kappa shape index (κ3) is 2.74. The molecule has 2 amide bonds. The van der Waals surface area contributed by atoms with Crippen molar-refractivity contribution in [3.8, 4) is 11.5 Å². The third-order valence-electron chi connectivity index (χ3n) is 2.49. The van der Waals surface area contributed by atoms with E-state index in [0.29, 0.717) is 18.1 Å². The fourth-order valence-electron chi connectivity index (χ4n) is 1.61. The van der Waals surface area contributed by atoms with Crippen molar-refractivity contribution < 1.29 is 14.3 Å². The molecule has 0 saturated carbocycles. The highest BCUT2D eigenvalue weighted by molar-refractivity contribution is 6.99. The summed E-state index contributed by atoms with van der Waals surface area (Å²) in [6.07, 6.45) is 1.49. The van der Waals surface area contributed by atoms with Gasteiger partial charge in [-0.2, -0.15) is 8.75 Å². The maximum atomic E-state index is 11.6. The Morgan fingerprint density at radius 1 is 1.37 bits per heavy atom. The fraction of sp³-hybridized carbons (Fsp3) is 0.182. The van der Waals surface area contributed by atoms with Gasteiger partial charge in [-0.3, -0.25) is 5.32 Å². The molecule has 1 aromatic heterocycles. The summed E-state index contributed by atoms with van der Waals surface area (Å²) in [4.78, 5) is 11.6. The minimum Gasteiger partial charge on any atom is -0.454 e. The van der Waals surface area contributed by atoms with Gasteiger partial charge < -0.3 is 14.8 Å². The fourth-order valence-corrected chi connectivity index (χ4v) is 1.99. The van der Waals surface area contributed by atoms with E-state index in [1.165, 1.54) is 6.20 Å². The molecule has 0 radical (unpaired) electrons. The van der Waals surface area contributed by atoms with Crippen molar-refractivity contribution in [1.82, 2.24) is 14.1 Å². The quantitative estimate of drug-likeness (QED) is 0.890. The predicted octanol–water partition coefficient (Wildman–Crippen LogP) is 1.59. The van der Waals surface area contributed by atoms with Crippen LogP contribution >= 0.6 is 11.7 Å². The van der Waals surface area contributed by atoms with Crippen molar-refractivity contribution in [1.29, 1.82) is 0 Å². The number of carbonyl (C=O) groups excluding carboxylic acids is 1. The molecule has 1 aromatic carbocycles. The van der Waals surface area contributed by atoms with E-state index in [2.05, 4.69) is 19.4 Å². The van der Waals surface area contributed by atoms with E-state index in [4.69, 9.17) is 9.47 Å². The van der Waals surface area contributed by atoms with Gasteiger partial charge >= 0.3 is 6.03 Å². The number of anilines is 1. The number of fused-ring (bicyclic) bond motifs is 1. The number of urea groups is 1. The molecule has 0 atom stereocenters. The van der Waals surface area contributed by atoms with E-state index >= 15 is 0 Å². The molecule has 0 bridgehead atoms. The molecule has 2 N–H and O–H groups in total. The van der Waals surface area contributed by atoms with Gasteiger partial charge in [0.2, 0.25) is 6.79 Å². The van der Waals surface area contributed by atoms with Crippen LogP contribution in [0.5, 0.6) is 11.5 Å². The SMILES string of the molecule is O=C(NCc1ccc2c(c1)OCO2)Nc1cnsn1. The summed E-state index contributed by atoms with van der Waals surface area (Å²) in [5.41, 5.74) is 0.927. The number of nitrogens with one attached hydrogen (secondary N) is 2. The van der Waals surface area contributed by atoms with Crippen LogP contribution in [0.15, 0.2) is 24.4 Å². The zero-order valence-electron chi connectivity index (χ0n) is 9.75. The smallest absolute Gasteiger partial charge is 0.320 e. The summed E-state index contributed by atoms with van der Waals surface area (Å²) in [5, 5.41) is 5.29. The molecule has 7 nitrogen and oxygen atoms in total. The molecule has 19 heavy (non-hydrogen) atoms. The number of hydrogen-bond donors (Lipinski definition) is 2. The largest absolute Gasteiger partial charge is 0.454 e. The van der Waals surface area contributed by atoms with E-state index in [1.807, 2.05) is 18.2 Å². The zero-order chi connectivity index (χ0) is 13.1. The van der Waals surface area contributed by atoms with Crippen molar-refractivity contribution in [2.75, 3.05) is 12.1 Å². The molecular weight excluding hydrogens is 268 g/mol. The van der Waals surface area contributed by atoms with Crippen LogP contribution in [0, 0.1) is 0 Å². The Hall–Kier alpha value is -2.35. The van der Waals surface area contributed by atoms with Crippen LogP contribution in [-0.2, 0) is 6.54 Å². The Morgan fingerprint density at radius 3 is 3.11 bits per heavy atom. The van der Waals surface area contributed by atoms with Crippen LogP contribution in [0.4, 0.5) is 10.6 Å². The highest BCUT2D eigenvalue weighted by Crippen LogP contribution is 2.32. The third-order valence-corrected chi connectivity index (χ3v) is 2.97. The number of hydrogen-bond acceptors (Lipinski definition) is 6. The normalized spacial score (nSPS) is 12.2. The van der Waals surface area contributed by atoms with E-state index in [-0.39, 0.29) is 12.8 Å². The number of rotatable bonds is 3. The lowest BCUT2D eigenvalue weighted by molar-refractivity contribution is 0.174. The van der Waals surface area contributed by atoms with E-state index in [1.54, 1.807) is 0 Å². The summed E-state index contributed by atoms with van der Waals surface area (Å²) in [6, 6.07) is 5.21. The Labute approximate surface area is 112 Å². The Bertz CT molecular complexity index is 588. The zero-order valence-corrected chi connectivity index (χ0v) is 10.6. The molecular formula is C11H10N4O3S. The Balaban J connectivity index is 1.56. The summed E-state index contributed by atoms with van der Waals surface area (Å²) < 4.78 is 18.1. The molecule has 98 valence electrons. The second-order valence-corrected chi connectivity index (χ2v) is 4.34. The standard InChI is InChI=1S/C11H10N4O3S/c16-11(14-10-5-13-19-15-10)12-4-7-1-2-8-9(3-7)18-6-17-8/h1-3,5H,4,6H2,(H2,12,14,15,16). The average molecular weight is 278 g/mol.